The van der Waals surface area contributed by atoms with Crippen LogP contribution >= 0.6 is 0 Å². The van der Waals surface area contributed by atoms with E-state index in [0.717, 1.165) is 9.47 Å². The maximum Gasteiger partial charge on any atom is 0.337 e. The largest absolute Gasteiger partial charge is 0.493 e. The molecule has 0 saturated carbocycles. The van der Waals surface area contributed by atoms with E-state index in [1.165, 1.54) is 21.3 Å². The summed E-state index contributed by atoms with van der Waals surface area (Å²) in [6.07, 6.45) is 0. The summed E-state index contributed by atoms with van der Waals surface area (Å²) in [6.45, 7) is 2.03. The zero-order chi connectivity index (χ0) is 23.6. The third-order valence-corrected chi connectivity index (χ3v) is 6.63. The van der Waals surface area contributed by atoms with Gasteiger partial charge in [-0.15, -0.1) is 4.09 Å². The summed E-state index contributed by atoms with van der Waals surface area (Å²) in [5.74, 6) is 1.12. The molecule has 0 aliphatic rings. The lowest BCUT2D eigenvalue weighted by atomic mass is 10.1. The second-order valence-electron chi connectivity index (χ2n) is 6.89. The van der Waals surface area contributed by atoms with E-state index in [1.54, 1.807) is 43.3 Å². The SMILES string of the molecule is CCOc1nc(-c2cc(OC)c(OC)c(OC)c2)n(S(=O)(=O)c2cccc3ccccc23)n1. The molecule has 0 atom stereocenters. The van der Waals surface area contributed by atoms with Gasteiger partial charge in [0.2, 0.25) is 5.75 Å². The van der Waals surface area contributed by atoms with E-state index >= 15 is 0 Å². The molecule has 0 N–H and O–H groups in total. The molecule has 3 aromatic carbocycles. The van der Waals surface area contributed by atoms with Gasteiger partial charge >= 0.3 is 6.01 Å². The van der Waals surface area contributed by atoms with E-state index in [4.69, 9.17) is 18.9 Å². The van der Waals surface area contributed by atoms with Crippen LogP contribution in [0.1, 0.15) is 6.92 Å². The second kappa shape index (κ2) is 8.99. The summed E-state index contributed by atoms with van der Waals surface area (Å²) < 4.78 is 50.1. The Morgan fingerprint density at radius 2 is 1.58 bits per heavy atom. The topological polar surface area (TPSA) is 102 Å². The minimum Gasteiger partial charge on any atom is -0.493 e. The van der Waals surface area contributed by atoms with Crippen LogP contribution in [-0.2, 0) is 10.0 Å². The van der Waals surface area contributed by atoms with E-state index < -0.39 is 10.0 Å². The minimum atomic E-state index is -4.15. The number of aromatic nitrogens is 3. The van der Waals surface area contributed by atoms with Crippen LogP contribution in [0, 0.1) is 0 Å². The predicted octanol–water partition coefficient (Wildman–Crippen LogP) is 3.76. The van der Waals surface area contributed by atoms with Crippen molar-refractivity contribution in [3.8, 4) is 34.6 Å². The summed E-state index contributed by atoms with van der Waals surface area (Å²) in [7, 11) is 0.293. The Kier molecular flexibility index (Phi) is 6.10. The van der Waals surface area contributed by atoms with E-state index in [2.05, 4.69) is 10.1 Å². The van der Waals surface area contributed by atoms with Crippen molar-refractivity contribution in [3.05, 3.63) is 54.6 Å². The highest BCUT2D eigenvalue weighted by Crippen LogP contribution is 2.41. The van der Waals surface area contributed by atoms with Gasteiger partial charge in [0.1, 0.15) is 0 Å². The van der Waals surface area contributed by atoms with E-state index in [0.29, 0.717) is 28.2 Å². The van der Waals surface area contributed by atoms with Crippen molar-refractivity contribution in [1.29, 1.82) is 0 Å². The molecule has 0 radical (unpaired) electrons. The van der Waals surface area contributed by atoms with Gasteiger partial charge in [-0.3, -0.25) is 0 Å². The van der Waals surface area contributed by atoms with Gasteiger partial charge in [0.25, 0.3) is 10.0 Å². The molecule has 172 valence electrons. The molecule has 4 aromatic rings. The molecular weight excluding hydrogens is 446 g/mol. The first kappa shape index (κ1) is 22.4. The van der Waals surface area contributed by atoms with Crippen molar-refractivity contribution in [2.45, 2.75) is 11.8 Å². The van der Waals surface area contributed by atoms with Crippen LogP contribution in [-0.4, -0.2) is 50.5 Å². The molecule has 0 aliphatic carbocycles. The molecule has 1 heterocycles. The van der Waals surface area contributed by atoms with Crippen LogP contribution < -0.4 is 18.9 Å². The van der Waals surface area contributed by atoms with Crippen LogP contribution in [0.25, 0.3) is 22.2 Å². The van der Waals surface area contributed by atoms with Gasteiger partial charge in [-0.2, -0.15) is 13.4 Å². The third-order valence-electron chi connectivity index (χ3n) is 5.01. The zero-order valence-corrected chi connectivity index (χ0v) is 19.4. The van der Waals surface area contributed by atoms with E-state index in [1.807, 2.05) is 18.2 Å². The zero-order valence-electron chi connectivity index (χ0n) is 18.6. The number of fused-ring (bicyclic) bond motifs is 1. The lowest BCUT2D eigenvalue weighted by molar-refractivity contribution is 0.313. The van der Waals surface area contributed by atoms with Crippen molar-refractivity contribution in [2.24, 2.45) is 0 Å². The van der Waals surface area contributed by atoms with E-state index in [9.17, 15) is 8.42 Å². The molecule has 0 unspecified atom stereocenters. The average Bonchev–Trinajstić information content (AvgIpc) is 3.27. The molecule has 0 aliphatic heterocycles. The summed E-state index contributed by atoms with van der Waals surface area (Å²) in [4.78, 5) is 4.45. The number of benzene rings is 3. The fraction of sp³-hybridized carbons (Fsp3) is 0.217. The van der Waals surface area contributed by atoms with Crippen LogP contribution in [0.2, 0.25) is 0 Å². The number of methoxy groups -OCH3 is 3. The van der Waals surface area contributed by atoms with Crippen LogP contribution in [0.3, 0.4) is 0 Å². The summed E-state index contributed by atoms with van der Waals surface area (Å²) in [5.41, 5.74) is 0.395. The maximum atomic E-state index is 13.8. The Labute approximate surface area is 191 Å². The maximum absolute atomic E-state index is 13.8. The molecule has 9 nitrogen and oxygen atoms in total. The average molecular weight is 470 g/mol. The van der Waals surface area contributed by atoms with E-state index in [-0.39, 0.29) is 23.3 Å². The monoisotopic (exact) mass is 469 g/mol. The van der Waals surface area contributed by atoms with Gasteiger partial charge in [0, 0.05) is 10.9 Å². The molecule has 0 bridgehead atoms. The second-order valence-corrected chi connectivity index (χ2v) is 8.63. The van der Waals surface area contributed by atoms with Gasteiger partial charge in [0.15, 0.2) is 17.3 Å². The Morgan fingerprint density at radius 3 is 2.21 bits per heavy atom. The van der Waals surface area contributed by atoms with Crippen molar-refractivity contribution in [1.82, 2.24) is 14.2 Å². The summed E-state index contributed by atoms with van der Waals surface area (Å²) in [5, 5.41) is 5.53. The molecule has 0 spiro atoms. The number of hydrogen-bond donors (Lipinski definition) is 0. The smallest absolute Gasteiger partial charge is 0.337 e. The standard InChI is InChI=1S/C23H23N3O6S/c1-5-32-23-24-22(16-13-18(29-2)21(31-4)19(14-16)30-3)26(25-23)33(27,28)20-12-8-10-15-9-6-7-11-17(15)20/h6-14H,5H2,1-4H3. The Hall–Kier alpha value is -3.79. The number of hydrogen-bond acceptors (Lipinski definition) is 8. The predicted molar refractivity (Wildman–Crippen MR) is 123 cm³/mol. The van der Waals surface area contributed by atoms with Gasteiger partial charge in [-0.25, -0.2) is 0 Å². The molecule has 0 saturated heterocycles. The fourth-order valence-corrected chi connectivity index (χ4v) is 4.99. The lowest BCUT2D eigenvalue weighted by Gasteiger charge is -2.14. The first-order valence-corrected chi connectivity index (χ1v) is 11.5. The molecule has 10 heteroatoms. The third kappa shape index (κ3) is 3.93. The van der Waals surface area contributed by atoms with Gasteiger partial charge in [-0.05, 0) is 30.5 Å². The number of ether oxygens (including phenoxy) is 4. The minimum absolute atomic E-state index is 0.0469. The molecular formula is C23H23N3O6S. The van der Waals surface area contributed by atoms with Crippen LogP contribution in [0.5, 0.6) is 23.3 Å². The number of rotatable bonds is 8. The summed E-state index contributed by atoms with van der Waals surface area (Å²) >= 11 is 0. The molecule has 0 amide bonds. The van der Waals surface area contributed by atoms with Crippen LogP contribution in [0.15, 0.2) is 59.5 Å². The quantitative estimate of drug-likeness (QED) is 0.384. The summed E-state index contributed by atoms with van der Waals surface area (Å²) in [6, 6.07) is 15.5. The Balaban J connectivity index is 1.98. The van der Waals surface area contributed by atoms with Crippen molar-refractivity contribution >= 4 is 20.8 Å². The Bertz CT molecular complexity index is 1380. The highest BCUT2D eigenvalue weighted by atomic mass is 32.2. The van der Waals surface area contributed by atoms with Crippen molar-refractivity contribution in [2.75, 3.05) is 27.9 Å². The molecule has 33 heavy (non-hydrogen) atoms. The normalized spacial score (nSPS) is 11.4. The van der Waals surface area contributed by atoms with Gasteiger partial charge in [0.05, 0.1) is 32.8 Å². The van der Waals surface area contributed by atoms with Crippen LogP contribution in [0.4, 0.5) is 0 Å². The molecule has 4 rings (SSSR count). The highest BCUT2D eigenvalue weighted by Gasteiger charge is 2.28. The first-order valence-electron chi connectivity index (χ1n) is 10.1. The van der Waals surface area contributed by atoms with Crippen molar-refractivity contribution < 1.29 is 27.4 Å². The Morgan fingerprint density at radius 1 is 0.909 bits per heavy atom. The first-order chi connectivity index (χ1) is 15.9. The number of nitrogens with zero attached hydrogens (tertiary/aromatic N) is 3. The highest BCUT2D eigenvalue weighted by molar-refractivity contribution is 7.90. The lowest BCUT2D eigenvalue weighted by Crippen LogP contribution is -2.16. The molecule has 1 aromatic heterocycles. The molecule has 0 fully saturated rings. The van der Waals surface area contributed by atoms with Gasteiger partial charge in [-0.1, -0.05) is 41.5 Å². The fourth-order valence-electron chi connectivity index (χ4n) is 3.54. The van der Waals surface area contributed by atoms with Crippen molar-refractivity contribution in [3.63, 3.8) is 0 Å². The van der Waals surface area contributed by atoms with Gasteiger partial charge < -0.3 is 18.9 Å².